The van der Waals surface area contributed by atoms with Gasteiger partial charge < -0.3 is 9.55 Å². The third kappa shape index (κ3) is 3.26. The van der Waals surface area contributed by atoms with E-state index < -0.39 is 0 Å². The largest absolute Gasteiger partial charge is 0.355 e. The summed E-state index contributed by atoms with van der Waals surface area (Å²) in [5.41, 5.74) is 13.9. The Morgan fingerprint density at radius 1 is 0.477 bits per heavy atom. The Hall–Kier alpha value is -5.08. The molecule has 0 spiro atoms. The molecule has 0 fully saturated rings. The molecule has 0 unspecified atom stereocenters. The highest BCUT2D eigenvalue weighted by Gasteiger charge is 2.44. The molecule has 6 aromatic carbocycles. The van der Waals surface area contributed by atoms with Crippen molar-refractivity contribution < 1.29 is 0 Å². The van der Waals surface area contributed by atoms with E-state index in [0.29, 0.717) is 0 Å². The standard InChI is InChI=1S/C42H34N2/c1-41(2)32-22-24-36-38(40(32)42(3,4)31-21-23-34-37(39(31)41)29-17-8-10-19-33(29)43-34)30-18-9-11-20-35(30)44(36)28-16-12-15-27(25-28)26-13-6-5-7-14-26/h5-25,43H,1-4H3. The number of hydrogen-bond donors (Lipinski definition) is 1. The van der Waals surface area contributed by atoms with Crippen LogP contribution in [0.1, 0.15) is 49.9 Å². The number of aromatic amines is 1. The fourth-order valence-corrected chi connectivity index (χ4v) is 8.34. The molecule has 0 saturated heterocycles. The summed E-state index contributed by atoms with van der Waals surface area (Å²) in [5, 5.41) is 5.35. The van der Waals surface area contributed by atoms with Crippen LogP contribution in [0.25, 0.3) is 60.4 Å². The van der Waals surface area contributed by atoms with Crippen molar-refractivity contribution in [2.75, 3.05) is 0 Å². The van der Waals surface area contributed by atoms with Crippen LogP contribution >= 0.6 is 0 Å². The maximum atomic E-state index is 3.71. The van der Waals surface area contributed by atoms with E-state index in [2.05, 4.69) is 165 Å². The average molecular weight is 567 g/mol. The van der Waals surface area contributed by atoms with Crippen LogP contribution in [0, 0.1) is 0 Å². The van der Waals surface area contributed by atoms with Gasteiger partial charge in [-0.05, 0) is 69.8 Å². The number of hydrogen-bond acceptors (Lipinski definition) is 0. The minimum absolute atomic E-state index is 0.185. The van der Waals surface area contributed by atoms with Gasteiger partial charge in [-0.3, -0.25) is 0 Å². The van der Waals surface area contributed by atoms with Crippen LogP contribution in [-0.4, -0.2) is 9.55 Å². The molecule has 44 heavy (non-hydrogen) atoms. The number of aromatic nitrogens is 2. The zero-order valence-electron chi connectivity index (χ0n) is 25.6. The molecule has 0 bridgehead atoms. The summed E-state index contributed by atoms with van der Waals surface area (Å²) in [4.78, 5) is 3.71. The summed E-state index contributed by atoms with van der Waals surface area (Å²) in [6.07, 6.45) is 0. The lowest BCUT2D eigenvalue weighted by atomic mass is 9.58. The zero-order chi connectivity index (χ0) is 29.8. The lowest BCUT2D eigenvalue weighted by Gasteiger charge is -2.44. The van der Waals surface area contributed by atoms with E-state index in [4.69, 9.17) is 0 Å². The molecule has 2 heteroatoms. The molecule has 8 aromatic rings. The second kappa shape index (κ2) is 8.74. The number of H-pyrrole nitrogens is 1. The van der Waals surface area contributed by atoms with Gasteiger partial charge in [0.2, 0.25) is 0 Å². The minimum atomic E-state index is -0.201. The summed E-state index contributed by atoms with van der Waals surface area (Å²) in [7, 11) is 0. The quantitative estimate of drug-likeness (QED) is 0.215. The normalized spacial score (nSPS) is 15.2. The van der Waals surface area contributed by atoms with Crippen molar-refractivity contribution >= 4 is 43.6 Å². The van der Waals surface area contributed by atoms with Gasteiger partial charge >= 0.3 is 0 Å². The Kier molecular flexibility index (Phi) is 5.05. The van der Waals surface area contributed by atoms with Gasteiger partial charge in [0.05, 0.1) is 11.0 Å². The topological polar surface area (TPSA) is 20.7 Å². The van der Waals surface area contributed by atoms with Gasteiger partial charge in [0, 0.05) is 49.1 Å². The van der Waals surface area contributed by atoms with Crippen LogP contribution in [-0.2, 0) is 10.8 Å². The van der Waals surface area contributed by atoms with Crippen LogP contribution in [0.5, 0.6) is 0 Å². The fraction of sp³-hybridized carbons (Fsp3) is 0.143. The second-order valence-corrected chi connectivity index (χ2v) is 13.5. The van der Waals surface area contributed by atoms with Crippen molar-refractivity contribution in [3.05, 3.63) is 150 Å². The van der Waals surface area contributed by atoms with Crippen LogP contribution in [0.3, 0.4) is 0 Å². The zero-order valence-corrected chi connectivity index (χ0v) is 25.6. The van der Waals surface area contributed by atoms with E-state index in [1.807, 2.05) is 0 Å². The molecule has 1 aliphatic rings. The molecule has 1 aliphatic carbocycles. The van der Waals surface area contributed by atoms with Crippen molar-refractivity contribution in [2.45, 2.75) is 38.5 Å². The van der Waals surface area contributed by atoms with Gasteiger partial charge in [0.25, 0.3) is 0 Å². The molecular weight excluding hydrogens is 532 g/mol. The highest BCUT2D eigenvalue weighted by Crippen LogP contribution is 2.55. The van der Waals surface area contributed by atoms with Crippen molar-refractivity contribution in [2.24, 2.45) is 0 Å². The van der Waals surface area contributed by atoms with Gasteiger partial charge in [0.1, 0.15) is 0 Å². The summed E-state index contributed by atoms with van der Waals surface area (Å²) in [5.74, 6) is 0. The number of fused-ring (bicyclic) bond motifs is 10. The third-order valence-corrected chi connectivity index (χ3v) is 10.3. The van der Waals surface area contributed by atoms with E-state index in [-0.39, 0.29) is 10.8 Å². The van der Waals surface area contributed by atoms with E-state index >= 15 is 0 Å². The Morgan fingerprint density at radius 2 is 1.11 bits per heavy atom. The molecule has 0 saturated carbocycles. The predicted molar refractivity (Wildman–Crippen MR) is 186 cm³/mol. The summed E-state index contributed by atoms with van der Waals surface area (Å²) < 4.78 is 2.47. The van der Waals surface area contributed by atoms with Crippen LogP contribution < -0.4 is 0 Å². The van der Waals surface area contributed by atoms with Crippen molar-refractivity contribution in [1.82, 2.24) is 9.55 Å². The third-order valence-electron chi connectivity index (χ3n) is 10.3. The van der Waals surface area contributed by atoms with Crippen LogP contribution in [0.4, 0.5) is 0 Å². The first-order chi connectivity index (χ1) is 21.4. The maximum Gasteiger partial charge on any atom is 0.0544 e. The lowest BCUT2D eigenvalue weighted by Crippen LogP contribution is -2.37. The number of benzene rings is 6. The van der Waals surface area contributed by atoms with Crippen molar-refractivity contribution in [3.8, 4) is 16.8 Å². The first kappa shape index (κ1) is 25.4. The van der Waals surface area contributed by atoms with Gasteiger partial charge in [-0.2, -0.15) is 0 Å². The van der Waals surface area contributed by atoms with E-state index in [1.54, 1.807) is 0 Å². The molecule has 0 amide bonds. The Morgan fingerprint density at radius 3 is 1.91 bits per heavy atom. The highest BCUT2D eigenvalue weighted by molar-refractivity contribution is 6.14. The molecule has 0 atom stereocenters. The average Bonchev–Trinajstić information content (AvgIpc) is 3.60. The van der Waals surface area contributed by atoms with Gasteiger partial charge in [-0.15, -0.1) is 0 Å². The van der Waals surface area contributed by atoms with Crippen LogP contribution in [0.15, 0.2) is 127 Å². The minimum Gasteiger partial charge on any atom is -0.355 e. The first-order valence-corrected chi connectivity index (χ1v) is 15.6. The monoisotopic (exact) mass is 566 g/mol. The molecule has 2 aromatic heterocycles. The van der Waals surface area contributed by atoms with Gasteiger partial charge in [-0.25, -0.2) is 0 Å². The summed E-state index contributed by atoms with van der Waals surface area (Å²) in [6.45, 7) is 9.72. The Balaban J connectivity index is 1.37. The van der Waals surface area contributed by atoms with Gasteiger partial charge in [0.15, 0.2) is 0 Å². The lowest BCUT2D eigenvalue weighted by molar-refractivity contribution is 0.529. The molecule has 1 N–H and O–H groups in total. The molecule has 212 valence electrons. The van der Waals surface area contributed by atoms with Gasteiger partial charge in [-0.1, -0.05) is 119 Å². The second-order valence-electron chi connectivity index (χ2n) is 13.5. The smallest absolute Gasteiger partial charge is 0.0544 e. The number of para-hydroxylation sites is 2. The first-order valence-electron chi connectivity index (χ1n) is 15.6. The Bertz CT molecular complexity index is 2430. The summed E-state index contributed by atoms with van der Waals surface area (Å²) >= 11 is 0. The molecular formula is C42H34N2. The SMILES string of the molecule is CC1(C)c2ccc3c(c2C(C)(C)c2ccc4[nH]c5ccccc5c4c21)c1ccccc1n3-c1cccc(-c2ccccc2)c1. The van der Waals surface area contributed by atoms with E-state index in [1.165, 1.54) is 82.7 Å². The fourth-order valence-electron chi connectivity index (χ4n) is 8.34. The molecule has 2 nitrogen and oxygen atoms in total. The van der Waals surface area contributed by atoms with E-state index in [9.17, 15) is 0 Å². The molecule has 9 rings (SSSR count). The molecule has 2 heterocycles. The van der Waals surface area contributed by atoms with E-state index in [0.717, 1.165) is 0 Å². The van der Waals surface area contributed by atoms with Crippen molar-refractivity contribution in [1.29, 1.82) is 0 Å². The predicted octanol–water partition coefficient (Wildman–Crippen LogP) is 11.1. The number of nitrogens with one attached hydrogen (secondary N) is 1. The van der Waals surface area contributed by atoms with Crippen molar-refractivity contribution in [3.63, 3.8) is 0 Å². The molecule has 0 radical (unpaired) electrons. The number of nitrogens with zero attached hydrogens (tertiary/aromatic N) is 1. The maximum absolute atomic E-state index is 3.71. The number of rotatable bonds is 2. The van der Waals surface area contributed by atoms with Crippen LogP contribution in [0.2, 0.25) is 0 Å². The highest BCUT2D eigenvalue weighted by atomic mass is 15.0. The summed E-state index contributed by atoms with van der Waals surface area (Å²) in [6, 6.07) is 46.8. The Labute approximate surface area is 257 Å². The molecule has 0 aliphatic heterocycles.